The van der Waals surface area contributed by atoms with E-state index in [1.807, 2.05) is 13.0 Å². The highest BCUT2D eigenvalue weighted by atomic mass is 35.5. The van der Waals surface area contributed by atoms with E-state index in [-0.39, 0.29) is 16.8 Å². The second-order valence-corrected chi connectivity index (χ2v) is 5.97. The van der Waals surface area contributed by atoms with Crippen LogP contribution in [0.2, 0.25) is 5.02 Å². The van der Waals surface area contributed by atoms with Crippen LogP contribution >= 0.6 is 11.6 Å². The lowest BCUT2D eigenvalue weighted by atomic mass is 10.2. The standard InChI is InChI=1S/C18H14ClN5O3/c1-2-24-16-6-4-11(7-15(16)22-23-24)18(26)27-10-17(25)21-14-8-13(19)5-3-12(14)9-20/h3-8H,2,10H2,1H3,(H,21,25). The van der Waals surface area contributed by atoms with Crippen molar-refractivity contribution in [3.05, 3.63) is 52.5 Å². The van der Waals surface area contributed by atoms with Crippen LogP contribution in [0.1, 0.15) is 22.8 Å². The Morgan fingerprint density at radius 3 is 2.85 bits per heavy atom. The lowest BCUT2D eigenvalue weighted by molar-refractivity contribution is -0.119. The Hall–Kier alpha value is -3.44. The highest BCUT2D eigenvalue weighted by molar-refractivity contribution is 6.31. The van der Waals surface area contributed by atoms with E-state index in [0.717, 1.165) is 5.52 Å². The van der Waals surface area contributed by atoms with Crippen molar-refractivity contribution in [2.24, 2.45) is 0 Å². The molecule has 0 bridgehead atoms. The van der Waals surface area contributed by atoms with Gasteiger partial charge in [0, 0.05) is 11.6 Å². The van der Waals surface area contributed by atoms with E-state index >= 15 is 0 Å². The molecule has 1 N–H and O–H groups in total. The summed E-state index contributed by atoms with van der Waals surface area (Å²) in [5.41, 5.74) is 2.14. The number of carbonyl (C=O) groups excluding carboxylic acids is 2. The summed E-state index contributed by atoms with van der Waals surface area (Å²) in [7, 11) is 0. The van der Waals surface area contributed by atoms with E-state index < -0.39 is 18.5 Å². The van der Waals surface area contributed by atoms with Crippen LogP contribution in [-0.4, -0.2) is 33.5 Å². The number of rotatable bonds is 5. The Bertz CT molecular complexity index is 1070. The highest BCUT2D eigenvalue weighted by Crippen LogP contribution is 2.20. The number of carbonyl (C=O) groups is 2. The molecule has 0 saturated carbocycles. The third-order valence-electron chi connectivity index (χ3n) is 3.76. The average molecular weight is 384 g/mol. The average Bonchev–Trinajstić information content (AvgIpc) is 3.08. The largest absolute Gasteiger partial charge is 0.452 e. The Morgan fingerprint density at radius 2 is 2.11 bits per heavy atom. The normalized spacial score (nSPS) is 10.4. The number of anilines is 1. The monoisotopic (exact) mass is 383 g/mol. The van der Waals surface area contributed by atoms with E-state index in [1.165, 1.54) is 12.1 Å². The van der Waals surface area contributed by atoms with Gasteiger partial charge in [-0.05, 0) is 43.3 Å². The fraction of sp³-hybridized carbons (Fsp3) is 0.167. The molecule has 1 heterocycles. The molecule has 0 aliphatic rings. The van der Waals surface area contributed by atoms with Gasteiger partial charge in [0.1, 0.15) is 11.6 Å². The van der Waals surface area contributed by atoms with Crippen molar-refractivity contribution < 1.29 is 14.3 Å². The maximum atomic E-state index is 12.2. The molecule has 2 aromatic carbocycles. The molecule has 9 heteroatoms. The summed E-state index contributed by atoms with van der Waals surface area (Å²) in [5, 5.41) is 19.9. The highest BCUT2D eigenvalue weighted by Gasteiger charge is 2.14. The van der Waals surface area contributed by atoms with Gasteiger partial charge in [0.15, 0.2) is 6.61 Å². The van der Waals surface area contributed by atoms with Gasteiger partial charge in [-0.15, -0.1) is 5.10 Å². The molecule has 0 fully saturated rings. The predicted octanol–water partition coefficient (Wildman–Crippen LogP) is 2.77. The molecule has 27 heavy (non-hydrogen) atoms. The van der Waals surface area contributed by atoms with E-state index in [1.54, 1.807) is 28.9 Å². The molecule has 0 aliphatic carbocycles. The first-order chi connectivity index (χ1) is 13.0. The van der Waals surface area contributed by atoms with Crippen molar-refractivity contribution in [3.8, 4) is 6.07 Å². The van der Waals surface area contributed by atoms with Crippen LogP contribution in [0.15, 0.2) is 36.4 Å². The smallest absolute Gasteiger partial charge is 0.338 e. The second-order valence-electron chi connectivity index (χ2n) is 5.53. The van der Waals surface area contributed by atoms with Gasteiger partial charge in [0.2, 0.25) is 0 Å². The molecule has 0 aliphatic heterocycles. The molecule has 3 rings (SSSR count). The molecular weight excluding hydrogens is 370 g/mol. The summed E-state index contributed by atoms with van der Waals surface area (Å²) >= 11 is 5.87. The Kier molecular flexibility index (Phi) is 5.33. The zero-order valence-corrected chi connectivity index (χ0v) is 15.0. The van der Waals surface area contributed by atoms with E-state index in [9.17, 15) is 9.59 Å². The van der Waals surface area contributed by atoms with Crippen LogP contribution in [-0.2, 0) is 16.1 Å². The number of nitrogens with one attached hydrogen (secondary N) is 1. The zero-order valence-electron chi connectivity index (χ0n) is 14.3. The van der Waals surface area contributed by atoms with Gasteiger partial charge in [-0.25, -0.2) is 9.48 Å². The minimum Gasteiger partial charge on any atom is -0.452 e. The Balaban J connectivity index is 1.64. The van der Waals surface area contributed by atoms with Crippen LogP contribution in [0, 0.1) is 11.3 Å². The molecule has 0 unspecified atom stereocenters. The molecule has 1 aromatic heterocycles. The number of nitrogens with zero attached hydrogens (tertiary/aromatic N) is 4. The van der Waals surface area contributed by atoms with Crippen LogP contribution in [0.25, 0.3) is 11.0 Å². The van der Waals surface area contributed by atoms with Crippen molar-refractivity contribution in [2.75, 3.05) is 11.9 Å². The molecule has 3 aromatic rings. The summed E-state index contributed by atoms with van der Waals surface area (Å²) in [6.45, 7) is 2.09. The molecule has 0 atom stereocenters. The van der Waals surface area contributed by atoms with E-state index in [2.05, 4.69) is 15.6 Å². The fourth-order valence-corrected chi connectivity index (χ4v) is 2.62. The number of benzene rings is 2. The van der Waals surface area contributed by atoms with Crippen LogP contribution in [0.5, 0.6) is 0 Å². The van der Waals surface area contributed by atoms with Crippen LogP contribution in [0.3, 0.4) is 0 Å². The number of amides is 1. The van der Waals surface area contributed by atoms with Gasteiger partial charge < -0.3 is 10.1 Å². The number of halogens is 1. The number of hydrogen-bond acceptors (Lipinski definition) is 6. The predicted molar refractivity (Wildman–Crippen MR) is 98.3 cm³/mol. The molecule has 0 radical (unpaired) electrons. The topological polar surface area (TPSA) is 110 Å². The maximum Gasteiger partial charge on any atom is 0.338 e. The number of aromatic nitrogens is 3. The summed E-state index contributed by atoms with van der Waals surface area (Å²) in [4.78, 5) is 24.2. The molecule has 1 amide bonds. The van der Waals surface area contributed by atoms with Crippen molar-refractivity contribution in [1.29, 1.82) is 5.26 Å². The number of esters is 1. The number of hydrogen-bond donors (Lipinski definition) is 1. The zero-order chi connectivity index (χ0) is 19.4. The first kappa shape index (κ1) is 18.4. The van der Waals surface area contributed by atoms with Crippen molar-refractivity contribution in [3.63, 3.8) is 0 Å². The first-order valence-corrected chi connectivity index (χ1v) is 8.39. The molecule has 0 spiro atoms. The third-order valence-corrected chi connectivity index (χ3v) is 3.99. The lowest BCUT2D eigenvalue weighted by Gasteiger charge is -2.08. The lowest BCUT2D eigenvalue weighted by Crippen LogP contribution is -2.21. The first-order valence-electron chi connectivity index (χ1n) is 8.01. The van der Waals surface area contributed by atoms with Gasteiger partial charge in [0.25, 0.3) is 5.91 Å². The number of aryl methyl sites for hydroxylation is 1. The Morgan fingerprint density at radius 1 is 1.30 bits per heavy atom. The second kappa shape index (κ2) is 7.85. The van der Waals surface area contributed by atoms with E-state index in [0.29, 0.717) is 17.1 Å². The number of ether oxygens (including phenoxy) is 1. The summed E-state index contributed by atoms with van der Waals surface area (Å²) in [5.74, 6) is -1.25. The van der Waals surface area contributed by atoms with Crippen molar-refractivity contribution >= 4 is 40.2 Å². The van der Waals surface area contributed by atoms with Crippen molar-refractivity contribution in [1.82, 2.24) is 15.0 Å². The Labute approximate surface area is 159 Å². The van der Waals surface area contributed by atoms with Crippen LogP contribution in [0.4, 0.5) is 5.69 Å². The fourth-order valence-electron chi connectivity index (χ4n) is 2.45. The molecule has 0 saturated heterocycles. The number of fused-ring (bicyclic) bond motifs is 1. The van der Waals surface area contributed by atoms with Gasteiger partial charge in [-0.3, -0.25) is 4.79 Å². The van der Waals surface area contributed by atoms with Gasteiger partial charge >= 0.3 is 5.97 Å². The summed E-state index contributed by atoms with van der Waals surface area (Å²) in [6, 6.07) is 11.3. The van der Waals surface area contributed by atoms with Gasteiger partial charge in [0.05, 0.1) is 22.3 Å². The molecule has 136 valence electrons. The quantitative estimate of drug-likeness (QED) is 0.678. The minimum absolute atomic E-state index is 0.253. The summed E-state index contributed by atoms with van der Waals surface area (Å²) < 4.78 is 6.73. The summed E-state index contributed by atoms with van der Waals surface area (Å²) in [6.07, 6.45) is 0. The minimum atomic E-state index is -0.662. The molecular formula is C18H14ClN5O3. The maximum absolute atomic E-state index is 12.2. The third kappa shape index (κ3) is 4.04. The number of nitriles is 1. The van der Waals surface area contributed by atoms with E-state index in [4.69, 9.17) is 21.6 Å². The van der Waals surface area contributed by atoms with Crippen molar-refractivity contribution in [2.45, 2.75) is 13.5 Å². The van der Waals surface area contributed by atoms with Gasteiger partial charge in [-0.2, -0.15) is 5.26 Å². The SMILES string of the molecule is CCn1nnc2cc(C(=O)OCC(=O)Nc3cc(Cl)ccc3C#N)ccc21. The van der Waals surface area contributed by atoms with Crippen LogP contribution < -0.4 is 5.32 Å². The molecule has 8 nitrogen and oxygen atoms in total. The van der Waals surface area contributed by atoms with Gasteiger partial charge in [-0.1, -0.05) is 16.8 Å².